The van der Waals surface area contributed by atoms with E-state index in [0.717, 1.165) is 26.2 Å². The summed E-state index contributed by atoms with van der Waals surface area (Å²) in [6.45, 7) is 7.24. The molecule has 18 heavy (non-hydrogen) atoms. The zero-order valence-corrected chi connectivity index (χ0v) is 11.3. The van der Waals surface area contributed by atoms with Gasteiger partial charge in [-0.15, -0.1) is 0 Å². The number of hydrogen-bond acceptors (Lipinski definition) is 3. The van der Waals surface area contributed by atoms with Gasteiger partial charge in [-0.3, -0.25) is 0 Å². The lowest BCUT2D eigenvalue weighted by Crippen LogP contribution is -2.21. The molecule has 1 aliphatic heterocycles. The van der Waals surface area contributed by atoms with E-state index in [2.05, 4.69) is 32.0 Å². The van der Waals surface area contributed by atoms with Gasteiger partial charge in [0.25, 0.3) is 0 Å². The highest BCUT2D eigenvalue weighted by Crippen LogP contribution is 2.19. The SMILES string of the molecule is Cc1ccc(C)c(C(N)COCC2CCOC2)c1. The zero-order valence-electron chi connectivity index (χ0n) is 11.3. The Morgan fingerprint density at radius 1 is 1.44 bits per heavy atom. The van der Waals surface area contributed by atoms with Crippen molar-refractivity contribution in [2.75, 3.05) is 26.4 Å². The standard InChI is InChI=1S/C15H23NO2/c1-11-3-4-12(2)14(7-11)15(16)10-18-9-13-5-6-17-8-13/h3-4,7,13,15H,5-6,8-10,16H2,1-2H3. The van der Waals surface area contributed by atoms with E-state index in [1.807, 2.05) is 0 Å². The van der Waals surface area contributed by atoms with Crippen molar-refractivity contribution in [1.82, 2.24) is 0 Å². The van der Waals surface area contributed by atoms with Gasteiger partial charge >= 0.3 is 0 Å². The first-order chi connectivity index (χ1) is 8.66. The summed E-state index contributed by atoms with van der Waals surface area (Å²) in [7, 11) is 0. The van der Waals surface area contributed by atoms with Crippen LogP contribution < -0.4 is 5.73 Å². The molecule has 0 aromatic heterocycles. The fraction of sp³-hybridized carbons (Fsp3) is 0.600. The number of hydrogen-bond donors (Lipinski definition) is 1. The van der Waals surface area contributed by atoms with E-state index < -0.39 is 0 Å². The fourth-order valence-electron chi connectivity index (χ4n) is 2.33. The minimum atomic E-state index is -0.0350. The van der Waals surface area contributed by atoms with E-state index in [1.165, 1.54) is 16.7 Å². The van der Waals surface area contributed by atoms with Crippen molar-refractivity contribution in [2.24, 2.45) is 11.7 Å². The van der Waals surface area contributed by atoms with Crippen LogP contribution in [0.3, 0.4) is 0 Å². The number of ether oxygens (including phenoxy) is 2. The van der Waals surface area contributed by atoms with Gasteiger partial charge in [0.15, 0.2) is 0 Å². The molecule has 3 heteroatoms. The van der Waals surface area contributed by atoms with Gasteiger partial charge in [-0.25, -0.2) is 0 Å². The maximum absolute atomic E-state index is 6.19. The molecule has 2 rings (SSSR count). The van der Waals surface area contributed by atoms with Crippen molar-refractivity contribution in [3.8, 4) is 0 Å². The predicted octanol–water partition coefficient (Wildman–Crippen LogP) is 2.36. The van der Waals surface area contributed by atoms with Crippen molar-refractivity contribution in [3.63, 3.8) is 0 Å². The summed E-state index contributed by atoms with van der Waals surface area (Å²) in [4.78, 5) is 0. The monoisotopic (exact) mass is 249 g/mol. The highest BCUT2D eigenvalue weighted by molar-refractivity contribution is 5.32. The lowest BCUT2D eigenvalue weighted by atomic mass is 10.00. The van der Waals surface area contributed by atoms with E-state index in [1.54, 1.807) is 0 Å². The summed E-state index contributed by atoms with van der Waals surface area (Å²) >= 11 is 0. The van der Waals surface area contributed by atoms with Crippen LogP contribution in [0.2, 0.25) is 0 Å². The molecule has 2 atom stereocenters. The van der Waals surface area contributed by atoms with E-state index in [4.69, 9.17) is 15.2 Å². The normalized spacial score (nSPS) is 21.2. The van der Waals surface area contributed by atoms with Gasteiger partial charge in [-0.05, 0) is 31.4 Å². The molecule has 0 bridgehead atoms. The van der Waals surface area contributed by atoms with Gasteiger partial charge in [-0.1, -0.05) is 23.8 Å². The molecule has 0 spiro atoms. The summed E-state index contributed by atoms with van der Waals surface area (Å²) in [5.41, 5.74) is 9.87. The average molecular weight is 249 g/mol. The van der Waals surface area contributed by atoms with Crippen molar-refractivity contribution in [1.29, 1.82) is 0 Å². The Balaban J connectivity index is 1.83. The number of rotatable bonds is 5. The van der Waals surface area contributed by atoms with Crippen molar-refractivity contribution in [3.05, 3.63) is 34.9 Å². The molecule has 1 aromatic carbocycles. The largest absolute Gasteiger partial charge is 0.381 e. The first-order valence-corrected chi connectivity index (χ1v) is 6.65. The quantitative estimate of drug-likeness (QED) is 0.871. The Morgan fingerprint density at radius 2 is 2.28 bits per heavy atom. The lowest BCUT2D eigenvalue weighted by Gasteiger charge is -2.17. The minimum Gasteiger partial charge on any atom is -0.381 e. The van der Waals surface area contributed by atoms with Crippen molar-refractivity contribution >= 4 is 0 Å². The molecular weight excluding hydrogens is 226 g/mol. The molecule has 0 amide bonds. The van der Waals surface area contributed by atoms with E-state index in [0.29, 0.717) is 12.5 Å². The Hall–Kier alpha value is -0.900. The van der Waals surface area contributed by atoms with Crippen LogP contribution in [-0.2, 0) is 9.47 Å². The second-order valence-corrected chi connectivity index (χ2v) is 5.23. The summed E-state index contributed by atoms with van der Waals surface area (Å²) in [6, 6.07) is 6.35. The second kappa shape index (κ2) is 6.32. The molecule has 1 aliphatic rings. The molecule has 100 valence electrons. The van der Waals surface area contributed by atoms with Gasteiger partial charge in [0, 0.05) is 12.5 Å². The average Bonchev–Trinajstić information content (AvgIpc) is 2.85. The Kier molecular flexibility index (Phi) is 4.75. The predicted molar refractivity (Wildman–Crippen MR) is 72.6 cm³/mol. The Labute approximate surface area is 109 Å². The molecule has 1 heterocycles. The van der Waals surface area contributed by atoms with Gasteiger partial charge < -0.3 is 15.2 Å². The van der Waals surface area contributed by atoms with Gasteiger partial charge in [0.2, 0.25) is 0 Å². The summed E-state index contributed by atoms with van der Waals surface area (Å²) < 4.78 is 11.0. The van der Waals surface area contributed by atoms with Crippen LogP contribution in [0.25, 0.3) is 0 Å². The third-order valence-electron chi connectivity index (χ3n) is 3.51. The Morgan fingerprint density at radius 3 is 3.00 bits per heavy atom. The molecular formula is C15H23NO2. The van der Waals surface area contributed by atoms with Gasteiger partial charge in [-0.2, -0.15) is 0 Å². The third-order valence-corrected chi connectivity index (χ3v) is 3.51. The molecule has 1 aromatic rings. The van der Waals surface area contributed by atoms with Crippen LogP contribution in [0.1, 0.15) is 29.2 Å². The van der Waals surface area contributed by atoms with Crippen molar-refractivity contribution < 1.29 is 9.47 Å². The lowest BCUT2D eigenvalue weighted by molar-refractivity contribution is 0.0807. The van der Waals surface area contributed by atoms with Gasteiger partial charge in [0.05, 0.1) is 25.9 Å². The first kappa shape index (κ1) is 13.5. The van der Waals surface area contributed by atoms with E-state index in [9.17, 15) is 0 Å². The number of nitrogens with two attached hydrogens (primary N) is 1. The topological polar surface area (TPSA) is 44.5 Å². The van der Waals surface area contributed by atoms with Crippen molar-refractivity contribution in [2.45, 2.75) is 26.3 Å². The molecule has 2 unspecified atom stereocenters. The van der Waals surface area contributed by atoms with E-state index >= 15 is 0 Å². The number of aryl methyl sites for hydroxylation is 2. The highest BCUT2D eigenvalue weighted by atomic mass is 16.5. The molecule has 1 fully saturated rings. The van der Waals surface area contributed by atoms with Crippen LogP contribution in [-0.4, -0.2) is 26.4 Å². The van der Waals surface area contributed by atoms with Crippen LogP contribution in [0.4, 0.5) is 0 Å². The maximum atomic E-state index is 6.19. The molecule has 3 nitrogen and oxygen atoms in total. The molecule has 0 radical (unpaired) electrons. The van der Waals surface area contributed by atoms with Gasteiger partial charge in [0.1, 0.15) is 0 Å². The van der Waals surface area contributed by atoms with Crippen LogP contribution in [0.15, 0.2) is 18.2 Å². The zero-order chi connectivity index (χ0) is 13.0. The summed E-state index contributed by atoms with van der Waals surface area (Å²) in [5.74, 6) is 0.552. The van der Waals surface area contributed by atoms with Crippen LogP contribution >= 0.6 is 0 Å². The maximum Gasteiger partial charge on any atom is 0.0659 e. The third kappa shape index (κ3) is 3.55. The molecule has 0 aliphatic carbocycles. The highest BCUT2D eigenvalue weighted by Gasteiger charge is 2.16. The second-order valence-electron chi connectivity index (χ2n) is 5.23. The molecule has 1 saturated heterocycles. The molecule has 0 saturated carbocycles. The first-order valence-electron chi connectivity index (χ1n) is 6.65. The minimum absolute atomic E-state index is 0.0350. The fourth-order valence-corrected chi connectivity index (χ4v) is 2.33. The van der Waals surface area contributed by atoms with Crippen LogP contribution in [0, 0.1) is 19.8 Å². The number of benzene rings is 1. The summed E-state index contributed by atoms with van der Waals surface area (Å²) in [5, 5.41) is 0. The van der Waals surface area contributed by atoms with E-state index in [-0.39, 0.29) is 6.04 Å². The molecule has 2 N–H and O–H groups in total. The smallest absolute Gasteiger partial charge is 0.0659 e. The Bertz CT molecular complexity index is 386. The van der Waals surface area contributed by atoms with Crippen LogP contribution in [0.5, 0.6) is 0 Å². The summed E-state index contributed by atoms with van der Waals surface area (Å²) in [6.07, 6.45) is 1.11.